The van der Waals surface area contributed by atoms with Crippen molar-refractivity contribution in [2.24, 2.45) is 0 Å². The molecular formula is C12H19N3O3. The molecule has 1 atom stereocenters. The number of carbonyl (C=O) groups is 1. The maximum atomic E-state index is 11.6. The summed E-state index contributed by atoms with van der Waals surface area (Å²) >= 11 is 0. The smallest absolute Gasteiger partial charge is 0.328 e. The lowest BCUT2D eigenvalue weighted by molar-refractivity contribution is -0.147. The van der Waals surface area contributed by atoms with Crippen molar-refractivity contribution in [2.75, 3.05) is 6.54 Å². The van der Waals surface area contributed by atoms with Crippen molar-refractivity contribution in [1.82, 2.24) is 10.6 Å². The molecule has 18 heavy (non-hydrogen) atoms. The van der Waals surface area contributed by atoms with Crippen LogP contribution in [0.25, 0.3) is 0 Å². The lowest BCUT2D eigenvalue weighted by Crippen LogP contribution is -2.45. The molecule has 0 bridgehead atoms. The molecule has 0 aliphatic carbocycles. The molecule has 1 heterocycles. The molecule has 0 saturated heterocycles. The zero-order valence-electron chi connectivity index (χ0n) is 10.7. The Morgan fingerprint density at radius 3 is 3.00 bits per heavy atom. The second-order valence-corrected chi connectivity index (χ2v) is 3.85. The van der Waals surface area contributed by atoms with Gasteiger partial charge in [-0.1, -0.05) is 6.92 Å². The summed E-state index contributed by atoms with van der Waals surface area (Å²) in [6.07, 6.45) is 2.44. The van der Waals surface area contributed by atoms with Crippen molar-refractivity contribution in [3.8, 4) is 0 Å². The molecule has 0 aliphatic rings. The van der Waals surface area contributed by atoms with Crippen molar-refractivity contribution in [3.05, 3.63) is 24.2 Å². The van der Waals surface area contributed by atoms with E-state index in [1.54, 1.807) is 19.1 Å². The Kier molecular flexibility index (Phi) is 5.76. The van der Waals surface area contributed by atoms with Crippen LogP contribution in [0.1, 0.15) is 26.0 Å². The number of furan rings is 1. The van der Waals surface area contributed by atoms with Gasteiger partial charge in [-0.3, -0.25) is 5.41 Å². The van der Waals surface area contributed by atoms with E-state index in [1.807, 2.05) is 6.92 Å². The van der Waals surface area contributed by atoms with Gasteiger partial charge in [-0.15, -0.1) is 0 Å². The molecule has 1 unspecified atom stereocenters. The molecule has 0 aliphatic heterocycles. The van der Waals surface area contributed by atoms with Crippen LogP contribution in [0.5, 0.6) is 0 Å². The Morgan fingerprint density at radius 2 is 2.39 bits per heavy atom. The fourth-order valence-corrected chi connectivity index (χ4v) is 1.24. The summed E-state index contributed by atoms with van der Waals surface area (Å²) in [6, 6.07) is 2.89. The molecule has 0 saturated carbocycles. The third-order valence-corrected chi connectivity index (χ3v) is 2.20. The van der Waals surface area contributed by atoms with Gasteiger partial charge in [0.1, 0.15) is 18.4 Å². The Bertz CT molecular complexity index is 376. The normalized spacial score (nSPS) is 11.7. The number of nitrogens with one attached hydrogen (secondary N) is 3. The number of rotatable bonds is 6. The average Bonchev–Trinajstić information content (AvgIpc) is 2.86. The Morgan fingerprint density at radius 1 is 1.61 bits per heavy atom. The van der Waals surface area contributed by atoms with Crippen LogP contribution in [0.2, 0.25) is 0 Å². The van der Waals surface area contributed by atoms with E-state index in [2.05, 4.69) is 10.6 Å². The largest absolute Gasteiger partial charge is 0.466 e. The third-order valence-electron chi connectivity index (χ3n) is 2.20. The highest BCUT2D eigenvalue weighted by atomic mass is 16.5. The van der Waals surface area contributed by atoms with Gasteiger partial charge < -0.3 is 19.8 Å². The molecule has 1 rings (SSSR count). The van der Waals surface area contributed by atoms with Crippen LogP contribution < -0.4 is 10.6 Å². The Labute approximate surface area is 106 Å². The summed E-state index contributed by atoms with van der Waals surface area (Å²) in [5, 5.41) is 13.1. The highest BCUT2D eigenvalue weighted by Gasteiger charge is 2.15. The van der Waals surface area contributed by atoms with Crippen LogP contribution in [0.15, 0.2) is 22.8 Å². The quantitative estimate of drug-likeness (QED) is 0.403. The minimum atomic E-state index is -0.572. The molecule has 0 fully saturated rings. The minimum absolute atomic E-state index is 0.105. The summed E-state index contributed by atoms with van der Waals surface area (Å²) in [5.74, 6) is 0.295. The van der Waals surface area contributed by atoms with Crippen LogP contribution in [0.4, 0.5) is 0 Å². The number of ether oxygens (including phenoxy) is 1. The van der Waals surface area contributed by atoms with Crippen LogP contribution >= 0.6 is 0 Å². The average molecular weight is 253 g/mol. The van der Waals surface area contributed by atoms with Crippen molar-refractivity contribution >= 4 is 11.9 Å². The van der Waals surface area contributed by atoms with Crippen LogP contribution in [0.3, 0.4) is 0 Å². The van der Waals surface area contributed by atoms with Crippen molar-refractivity contribution in [3.63, 3.8) is 0 Å². The van der Waals surface area contributed by atoms with Gasteiger partial charge >= 0.3 is 5.97 Å². The van der Waals surface area contributed by atoms with Gasteiger partial charge in [-0.05, 0) is 25.5 Å². The van der Waals surface area contributed by atoms with E-state index < -0.39 is 12.0 Å². The molecule has 100 valence electrons. The lowest BCUT2D eigenvalue weighted by Gasteiger charge is -2.15. The van der Waals surface area contributed by atoms with Crippen molar-refractivity contribution < 1.29 is 13.9 Å². The molecule has 1 aromatic heterocycles. The Balaban J connectivity index is 2.26. The molecular weight excluding hydrogens is 234 g/mol. The summed E-state index contributed by atoms with van der Waals surface area (Å²) in [6.45, 7) is 4.45. The first-order valence-electron chi connectivity index (χ1n) is 5.91. The second kappa shape index (κ2) is 7.37. The van der Waals surface area contributed by atoms with E-state index in [0.717, 1.165) is 6.42 Å². The van der Waals surface area contributed by atoms with Gasteiger partial charge in [0.05, 0.1) is 6.26 Å². The van der Waals surface area contributed by atoms with Crippen LogP contribution in [0, 0.1) is 5.41 Å². The van der Waals surface area contributed by atoms with Crippen LogP contribution in [-0.4, -0.2) is 24.5 Å². The zero-order chi connectivity index (χ0) is 13.4. The maximum Gasteiger partial charge on any atom is 0.328 e. The number of carbonyl (C=O) groups excluding carboxylic acids is 1. The maximum absolute atomic E-state index is 11.6. The third kappa shape index (κ3) is 4.90. The van der Waals surface area contributed by atoms with E-state index in [4.69, 9.17) is 14.6 Å². The van der Waals surface area contributed by atoms with E-state index in [9.17, 15) is 4.79 Å². The zero-order valence-corrected chi connectivity index (χ0v) is 10.7. The molecule has 0 radical (unpaired) electrons. The molecule has 1 aromatic rings. The number of esters is 1. The van der Waals surface area contributed by atoms with Crippen molar-refractivity contribution in [1.29, 1.82) is 5.41 Å². The van der Waals surface area contributed by atoms with Crippen molar-refractivity contribution in [2.45, 2.75) is 32.9 Å². The fourth-order valence-electron chi connectivity index (χ4n) is 1.24. The molecule has 0 amide bonds. The predicted molar refractivity (Wildman–Crippen MR) is 67.1 cm³/mol. The van der Waals surface area contributed by atoms with Gasteiger partial charge in [0.15, 0.2) is 5.96 Å². The number of hydrogen-bond donors (Lipinski definition) is 3. The van der Waals surface area contributed by atoms with E-state index in [-0.39, 0.29) is 12.6 Å². The number of guanidine groups is 1. The highest BCUT2D eigenvalue weighted by molar-refractivity contribution is 5.84. The first kappa shape index (κ1) is 14.1. The minimum Gasteiger partial charge on any atom is -0.466 e. The first-order valence-corrected chi connectivity index (χ1v) is 5.91. The fraction of sp³-hybridized carbons (Fsp3) is 0.500. The van der Waals surface area contributed by atoms with Crippen LogP contribution in [-0.2, 0) is 16.1 Å². The van der Waals surface area contributed by atoms with Gasteiger partial charge in [0.25, 0.3) is 0 Å². The lowest BCUT2D eigenvalue weighted by atomic mass is 10.3. The first-order chi connectivity index (χ1) is 8.63. The molecule has 6 nitrogen and oxygen atoms in total. The van der Waals surface area contributed by atoms with Gasteiger partial charge in [-0.2, -0.15) is 0 Å². The van der Waals surface area contributed by atoms with E-state index >= 15 is 0 Å². The van der Waals surface area contributed by atoms with Gasteiger partial charge in [0.2, 0.25) is 0 Å². The topological polar surface area (TPSA) is 87.4 Å². The molecule has 6 heteroatoms. The summed E-state index contributed by atoms with van der Waals surface area (Å²) in [5.41, 5.74) is 0. The van der Waals surface area contributed by atoms with Gasteiger partial charge in [0, 0.05) is 6.54 Å². The highest BCUT2D eigenvalue weighted by Crippen LogP contribution is 2.02. The summed E-state index contributed by atoms with van der Waals surface area (Å²) in [4.78, 5) is 11.6. The molecule has 0 spiro atoms. The number of hydrogen-bond acceptors (Lipinski definition) is 4. The van der Waals surface area contributed by atoms with E-state index in [0.29, 0.717) is 12.3 Å². The SMILES string of the molecule is CCCNC(=N)NC(C)C(=O)OCc1ccco1. The molecule has 0 aromatic carbocycles. The van der Waals surface area contributed by atoms with Gasteiger partial charge in [-0.25, -0.2) is 4.79 Å². The van der Waals surface area contributed by atoms with E-state index in [1.165, 1.54) is 6.26 Å². The molecule has 3 N–H and O–H groups in total. The monoisotopic (exact) mass is 253 g/mol. The second-order valence-electron chi connectivity index (χ2n) is 3.85. The summed E-state index contributed by atoms with van der Waals surface area (Å²) in [7, 11) is 0. The summed E-state index contributed by atoms with van der Waals surface area (Å²) < 4.78 is 10.1. The standard InChI is InChI=1S/C12H19N3O3/c1-3-6-14-12(13)15-9(2)11(16)18-8-10-5-4-7-17-10/h4-5,7,9H,3,6,8H2,1-2H3,(H3,13,14,15). The Hall–Kier alpha value is -1.98. The predicted octanol–water partition coefficient (Wildman–Crippen LogP) is 1.24.